The standard InChI is InChI=1S/C12H14N4S/c1-8-13-6-4-10(15-8)12-16-11(7-17-12)9-3-2-5-14-9/h4,6-7,9,14H,2-3,5H2,1H3/t9-/m0/s1. The van der Waals surface area contributed by atoms with Gasteiger partial charge in [0.15, 0.2) is 0 Å². The smallest absolute Gasteiger partial charge is 0.142 e. The van der Waals surface area contributed by atoms with E-state index >= 15 is 0 Å². The summed E-state index contributed by atoms with van der Waals surface area (Å²) in [5, 5.41) is 6.58. The molecular formula is C12H14N4S. The summed E-state index contributed by atoms with van der Waals surface area (Å²) in [4.78, 5) is 13.2. The van der Waals surface area contributed by atoms with Crippen molar-refractivity contribution in [3.05, 3.63) is 29.2 Å². The van der Waals surface area contributed by atoms with Crippen molar-refractivity contribution in [2.75, 3.05) is 6.54 Å². The lowest BCUT2D eigenvalue weighted by Gasteiger charge is -2.04. The van der Waals surface area contributed by atoms with Gasteiger partial charge in [-0.2, -0.15) is 0 Å². The van der Waals surface area contributed by atoms with E-state index in [0.717, 1.165) is 28.8 Å². The van der Waals surface area contributed by atoms with Crippen LogP contribution in [0, 0.1) is 6.92 Å². The number of hydrogen-bond donors (Lipinski definition) is 1. The Morgan fingerprint density at radius 1 is 1.41 bits per heavy atom. The third-order valence-corrected chi connectivity index (χ3v) is 3.82. The van der Waals surface area contributed by atoms with Gasteiger partial charge in [-0.05, 0) is 32.4 Å². The summed E-state index contributed by atoms with van der Waals surface area (Å²) in [6.07, 6.45) is 4.21. The molecule has 0 bridgehead atoms. The van der Waals surface area contributed by atoms with E-state index in [1.165, 1.54) is 12.8 Å². The average molecular weight is 246 g/mol. The van der Waals surface area contributed by atoms with E-state index in [4.69, 9.17) is 0 Å². The summed E-state index contributed by atoms with van der Waals surface area (Å²) >= 11 is 1.66. The molecular weight excluding hydrogens is 232 g/mol. The number of nitrogens with zero attached hydrogens (tertiary/aromatic N) is 3. The molecule has 3 rings (SSSR count). The molecule has 3 heterocycles. The maximum Gasteiger partial charge on any atom is 0.142 e. The molecule has 4 nitrogen and oxygen atoms in total. The first-order valence-corrected chi connectivity index (χ1v) is 6.70. The maximum atomic E-state index is 4.67. The third-order valence-electron chi connectivity index (χ3n) is 2.93. The molecule has 1 N–H and O–H groups in total. The van der Waals surface area contributed by atoms with E-state index in [9.17, 15) is 0 Å². The Kier molecular flexibility index (Phi) is 2.86. The molecule has 0 aromatic carbocycles. The predicted molar refractivity (Wildman–Crippen MR) is 67.9 cm³/mol. The maximum absolute atomic E-state index is 4.67. The fourth-order valence-corrected chi connectivity index (χ4v) is 2.92. The molecule has 0 amide bonds. The lowest BCUT2D eigenvalue weighted by Crippen LogP contribution is -2.12. The fourth-order valence-electron chi connectivity index (χ4n) is 2.08. The lowest BCUT2D eigenvalue weighted by molar-refractivity contribution is 0.632. The summed E-state index contributed by atoms with van der Waals surface area (Å²) in [5.74, 6) is 0.790. The number of hydrogen-bond acceptors (Lipinski definition) is 5. The van der Waals surface area contributed by atoms with Gasteiger partial charge in [-0.15, -0.1) is 11.3 Å². The average Bonchev–Trinajstić information content (AvgIpc) is 3.00. The Hall–Kier alpha value is -1.33. The summed E-state index contributed by atoms with van der Waals surface area (Å²) in [6.45, 7) is 3.00. The summed E-state index contributed by atoms with van der Waals surface area (Å²) < 4.78 is 0. The van der Waals surface area contributed by atoms with Crippen molar-refractivity contribution >= 4 is 11.3 Å². The van der Waals surface area contributed by atoms with Crippen LogP contribution in [0.5, 0.6) is 0 Å². The monoisotopic (exact) mass is 246 g/mol. The molecule has 5 heteroatoms. The SMILES string of the molecule is Cc1nccc(-c2nc([C@@H]3CCCN3)cs2)n1. The normalized spacial score (nSPS) is 19.7. The van der Waals surface area contributed by atoms with Gasteiger partial charge in [-0.25, -0.2) is 15.0 Å². The minimum atomic E-state index is 0.433. The van der Waals surface area contributed by atoms with Crippen LogP contribution in [0.2, 0.25) is 0 Å². The molecule has 0 radical (unpaired) electrons. The van der Waals surface area contributed by atoms with Crippen molar-refractivity contribution in [2.45, 2.75) is 25.8 Å². The van der Waals surface area contributed by atoms with Crippen molar-refractivity contribution in [3.8, 4) is 10.7 Å². The van der Waals surface area contributed by atoms with E-state index in [0.29, 0.717) is 6.04 Å². The van der Waals surface area contributed by atoms with E-state index in [1.807, 2.05) is 13.0 Å². The van der Waals surface area contributed by atoms with Crippen molar-refractivity contribution in [1.82, 2.24) is 20.3 Å². The molecule has 2 aromatic heterocycles. The minimum Gasteiger partial charge on any atom is -0.309 e. The lowest BCUT2D eigenvalue weighted by atomic mass is 10.2. The highest BCUT2D eigenvalue weighted by Gasteiger charge is 2.19. The van der Waals surface area contributed by atoms with Gasteiger partial charge in [-0.1, -0.05) is 0 Å². The number of aromatic nitrogens is 3. The molecule has 17 heavy (non-hydrogen) atoms. The van der Waals surface area contributed by atoms with Crippen LogP contribution in [-0.4, -0.2) is 21.5 Å². The Labute approximate surface area is 104 Å². The number of aryl methyl sites for hydroxylation is 1. The van der Waals surface area contributed by atoms with Gasteiger partial charge in [-0.3, -0.25) is 0 Å². The van der Waals surface area contributed by atoms with Gasteiger partial charge in [0.2, 0.25) is 0 Å². The zero-order chi connectivity index (χ0) is 11.7. The van der Waals surface area contributed by atoms with Gasteiger partial charge in [0.1, 0.15) is 16.5 Å². The van der Waals surface area contributed by atoms with Crippen LogP contribution in [0.1, 0.15) is 30.4 Å². The van der Waals surface area contributed by atoms with E-state index in [1.54, 1.807) is 17.5 Å². The van der Waals surface area contributed by atoms with Crippen molar-refractivity contribution in [3.63, 3.8) is 0 Å². The second-order valence-electron chi connectivity index (χ2n) is 4.22. The van der Waals surface area contributed by atoms with Crippen LogP contribution in [-0.2, 0) is 0 Å². The van der Waals surface area contributed by atoms with Crippen molar-refractivity contribution in [1.29, 1.82) is 0 Å². The van der Waals surface area contributed by atoms with Crippen LogP contribution >= 0.6 is 11.3 Å². The van der Waals surface area contributed by atoms with Crippen molar-refractivity contribution in [2.24, 2.45) is 0 Å². The largest absolute Gasteiger partial charge is 0.309 e. The number of nitrogens with one attached hydrogen (secondary N) is 1. The van der Waals surface area contributed by atoms with Gasteiger partial charge in [0, 0.05) is 11.6 Å². The molecule has 1 fully saturated rings. The summed E-state index contributed by atoms with van der Waals surface area (Å²) in [5.41, 5.74) is 2.07. The second kappa shape index (κ2) is 4.50. The van der Waals surface area contributed by atoms with E-state index < -0.39 is 0 Å². The van der Waals surface area contributed by atoms with Gasteiger partial charge >= 0.3 is 0 Å². The zero-order valence-corrected chi connectivity index (χ0v) is 10.5. The molecule has 0 spiro atoms. The molecule has 1 aliphatic heterocycles. The fraction of sp³-hybridized carbons (Fsp3) is 0.417. The zero-order valence-electron chi connectivity index (χ0n) is 9.68. The van der Waals surface area contributed by atoms with Gasteiger partial charge in [0.05, 0.1) is 11.7 Å². The topological polar surface area (TPSA) is 50.7 Å². The quantitative estimate of drug-likeness (QED) is 0.883. The second-order valence-corrected chi connectivity index (χ2v) is 5.07. The van der Waals surface area contributed by atoms with Crippen LogP contribution in [0.3, 0.4) is 0 Å². The highest BCUT2D eigenvalue weighted by atomic mass is 32.1. The van der Waals surface area contributed by atoms with Crippen LogP contribution in [0.15, 0.2) is 17.6 Å². The van der Waals surface area contributed by atoms with Crippen molar-refractivity contribution < 1.29 is 0 Å². The highest BCUT2D eigenvalue weighted by molar-refractivity contribution is 7.13. The Balaban J connectivity index is 1.89. The Morgan fingerprint density at radius 2 is 2.35 bits per heavy atom. The summed E-state index contributed by atoms with van der Waals surface area (Å²) in [6, 6.07) is 2.35. The van der Waals surface area contributed by atoms with Crippen LogP contribution < -0.4 is 5.32 Å². The molecule has 1 aliphatic rings. The first-order chi connectivity index (χ1) is 8.33. The highest BCUT2D eigenvalue weighted by Crippen LogP contribution is 2.28. The molecule has 0 unspecified atom stereocenters. The Bertz CT molecular complexity index is 517. The third kappa shape index (κ3) is 2.21. The molecule has 2 aromatic rings. The molecule has 88 valence electrons. The van der Waals surface area contributed by atoms with E-state index in [-0.39, 0.29) is 0 Å². The first-order valence-electron chi connectivity index (χ1n) is 5.82. The first kappa shape index (κ1) is 10.8. The molecule has 1 atom stereocenters. The Morgan fingerprint density at radius 3 is 3.12 bits per heavy atom. The molecule has 0 aliphatic carbocycles. The predicted octanol–water partition coefficient (Wildman–Crippen LogP) is 2.33. The van der Waals surface area contributed by atoms with Crippen LogP contribution in [0.4, 0.5) is 0 Å². The minimum absolute atomic E-state index is 0.433. The molecule has 1 saturated heterocycles. The molecule has 0 saturated carbocycles. The number of rotatable bonds is 2. The number of thiazole rings is 1. The van der Waals surface area contributed by atoms with Gasteiger partial charge < -0.3 is 5.32 Å². The van der Waals surface area contributed by atoms with Crippen LogP contribution in [0.25, 0.3) is 10.7 Å². The van der Waals surface area contributed by atoms with E-state index in [2.05, 4.69) is 25.6 Å². The summed E-state index contributed by atoms with van der Waals surface area (Å²) in [7, 11) is 0. The van der Waals surface area contributed by atoms with Gasteiger partial charge in [0.25, 0.3) is 0 Å².